The van der Waals surface area contributed by atoms with Gasteiger partial charge in [0.15, 0.2) is 49.6 Å². The van der Waals surface area contributed by atoms with Crippen LogP contribution in [0.3, 0.4) is 0 Å². The molecule has 0 spiro atoms. The number of carbonyl (C=O) groups is 6. The number of amides is 2. The van der Waals surface area contributed by atoms with Crippen LogP contribution in [0, 0.1) is 0 Å². The highest BCUT2D eigenvalue weighted by molar-refractivity contribution is 6.99. The average molecular weight is 1430 g/mol. The van der Waals surface area contributed by atoms with Crippen LogP contribution >= 0.6 is 58.0 Å². The quantitative estimate of drug-likeness (QED) is 0.0180. The first kappa shape index (κ1) is 74.8. The SMILES string of the molecule is CC(=O)N[C@H]1[C@H](OCCCCCCCl)O[C@H](COCc2ccccc2)[C@@H](O[C@@H]2O[C@H](CO[Si](c3ccccc3)(c3ccccc3)C(C)(C)C)[C@H](OC(C)=O)[C@H](O[C@@H]3O[C@@H]4COC(c5ccccc5)O[C@H]4[C@H](OC(C)=O)[C@H]3NC(=O)C(Cl)(Cl)Cl)[C@H]2OC(C)=O)[C@@H]1OC(=O)CCl. The normalized spacial score (nSPS) is 28.0. The average Bonchev–Trinajstić information content (AvgIpc) is 0.757. The van der Waals surface area contributed by atoms with E-state index in [4.69, 9.17) is 124 Å². The van der Waals surface area contributed by atoms with E-state index in [9.17, 15) is 28.8 Å². The highest BCUT2D eigenvalue weighted by Crippen LogP contribution is 2.42. The lowest BCUT2D eigenvalue weighted by atomic mass is 9.93. The van der Waals surface area contributed by atoms with Crippen LogP contribution in [0.4, 0.5) is 0 Å². The number of ether oxygens (including phenoxy) is 13. The van der Waals surface area contributed by atoms with Gasteiger partial charge in [0.1, 0.15) is 54.6 Å². The van der Waals surface area contributed by atoms with E-state index in [0.717, 1.165) is 56.0 Å². The van der Waals surface area contributed by atoms with Crippen molar-refractivity contribution in [1.29, 1.82) is 0 Å². The summed E-state index contributed by atoms with van der Waals surface area (Å²) in [6.45, 7) is 9.99. The third kappa shape index (κ3) is 19.6. The van der Waals surface area contributed by atoms with Gasteiger partial charge in [0, 0.05) is 45.7 Å². The molecule has 94 heavy (non-hydrogen) atoms. The number of halogens is 5. The van der Waals surface area contributed by atoms with Crippen molar-refractivity contribution in [2.45, 2.75) is 188 Å². The zero-order valence-electron chi connectivity index (χ0n) is 53.1. The van der Waals surface area contributed by atoms with E-state index in [0.29, 0.717) is 17.9 Å². The molecular formula is C66H81Cl5N2O20Si. The lowest BCUT2D eigenvalue weighted by Crippen LogP contribution is -2.72. The second-order valence-corrected chi connectivity index (χ2v) is 31.2. The number of esters is 4. The van der Waals surface area contributed by atoms with Gasteiger partial charge in [-0.25, -0.2) is 0 Å². The topological polar surface area (TPSA) is 256 Å². The number of fused-ring (bicyclic) bond motifs is 1. The fraction of sp³-hybridized carbons (Fsp3) is 0.545. The van der Waals surface area contributed by atoms with Crippen molar-refractivity contribution >= 4 is 112 Å². The van der Waals surface area contributed by atoms with Crippen LogP contribution in [0.25, 0.3) is 0 Å². The lowest BCUT2D eigenvalue weighted by molar-refractivity contribution is -0.382. The van der Waals surface area contributed by atoms with Gasteiger partial charge in [0.25, 0.3) is 18.0 Å². The maximum absolute atomic E-state index is 14.1. The van der Waals surface area contributed by atoms with E-state index in [1.54, 1.807) is 30.3 Å². The molecule has 8 rings (SSSR count). The van der Waals surface area contributed by atoms with Crippen molar-refractivity contribution in [1.82, 2.24) is 10.6 Å². The van der Waals surface area contributed by atoms with Crippen LogP contribution < -0.4 is 21.0 Å². The summed E-state index contributed by atoms with van der Waals surface area (Å²) in [7, 11) is -3.58. The fourth-order valence-corrected chi connectivity index (χ4v) is 17.0. The maximum atomic E-state index is 14.1. The first-order valence-electron chi connectivity index (χ1n) is 31.0. The Morgan fingerprint density at radius 2 is 1.11 bits per heavy atom. The van der Waals surface area contributed by atoms with Gasteiger partial charge in [-0.3, -0.25) is 28.8 Å². The number of hydrogen-bond acceptors (Lipinski definition) is 20. The molecule has 4 aliphatic heterocycles. The minimum absolute atomic E-state index is 0.0506. The first-order chi connectivity index (χ1) is 44.9. The van der Waals surface area contributed by atoms with E-state index in [1.165, 1.54) is 6.92 Å². The fourth-order valence-electron chi connectivity index (χ4n) is 12.1. The van der Waals surface area contributed by atoms with Crippen LogP contribution in [0.1, 0.15) is 91.6 Å². The summed E-state index contributed by atoms with van der Waals surface area (Å²) in [5, 5.41) is 6.53. The molecule has 4 fully saturated rings. The Morgan fingerprint density at radius 1 is 0.564 bits per heavy atom. The summed E-state index contributed by atoms with van der Waals surface area (Å²) in [5.41, 5.74) is 1.37. The summed E-state index contributed by atoms with van der Waals surface area (Å²) < 4.78 is 90.2. The third-order valence-corrected chi connectivity index (χ3v) is 22.0. The highest BCUT2D eigenvalue weighted by atomic mass is 35.6. The van der Waals surface area contributed by atoms with Gasteiger partial charge in [-0.1, -0.05) is 190 Å². The van der Waals surface area contributed by atoms with E-state index in [2.05, 4.69) is 10.6 Å². The van der Waals surface area contributed by atoms with Gasteiger partial charge in [-0.15, -0.1) is 23.2 Å². The highest BCUT2D eigenvalue weighted by Gasteiger charge is 2.61. The monoisotopic (exact) mass is 1420 g/mol. The first-order valence-corrected chi connectivity index (χ1v) is 35.1. The number of rotatable bonds is 28. The molecule has 0 aliphatic carbocycles. The standard InChI is InChI=1S/C66H81Cl5N2O20Si/c1-39(74)72-51-57(90-50(78)34-68)53(47(36-80-35-43-24-14-10-15-25-43)87-61(51)81-33-23-9-8-22-32-67)92-63-59(86-42(4)77)58(55(84-40(2)75)49(89-63)38-83-94(65(5,6)7,45-28-18-12-19-29-45)46-30-20-13-21-31-46)93-62-52(73-64(79)66(69,70)71)56(85-41(3)76)54-48(88-62)37-82-60(91-54)44-26-16-11-17-27-44/h10-21,24-31,47-49,51-63H,8-9,22-23,32-38H2,1-7H3,(H,72,74)(H,73,79)/t47-,48-,49-,51-,52-,53-,54-,55+,56-,57-,58+,59-,60?,61-,62+,63+/m1/s1. The molecule has 1 unspecified atom stereocenters. The van der Waals surface area contributed by atoms with Gasteiger partial charge >= 0.3 is 23.9 Å². The number of carbonyl (C=O) groups excluding carboxylic acids is 6. The van der Waals surface area contributed by atoms with Crippen molar-refractivity contribution in [3.63, 3.8) is 0 Å². The molecule has 0 radical (unpaired) electrons. The Kier molecular flexibility index (Phi) is 27.8. The molecule has 2 N–H and O–H groups in total. The lowest BCUT2D eigenvalue weighted by Gasteiger charge is -2.52. The minimum Gasteiger partial charge on any atom is -0.457 e. The number of nitrogens with one attached hydrogen (secondary N) is 2. The Hall–Kier alpha value is -5.03. The van der Waals surface area contributed by atoms with Gasteiger partial charge in [-0.2, -0.15) is 0 Å². The van der Waals surface area contributed by atoms with Crippen LogP contribution in [-0.2, 0) is 101 Å². The second kappa shape index (κ2) is 35.0. The summed E-state index contributed by atoms with van der Waals surface area (Å²) in [6, 6.07) is 34.3. The Morgan fingerprint density at radius 3 is 1.68 bits per heavy atom. The second-order valence-electron chi connectivity index (χ2n) is 24.0. The van der Waals surface area contributed by atoms with Crippen molar-refractivity contribution in [3.8, 4) is 0 Å². The van der Waals surface area contributed by atoms with Crippen molar-refractivity contribution in [3.05, 3.63) is 132 Å². The molecule has 4 aromatic rings. The van der Waals surface area contributed by atoms with Crippen molar-refractivity contribution in [2.24, 2.45) is 0 Å². The summed E-state index contributed by atoms with van der Waals surface area (Å²) in [4.78, 5) is 82.5. The van der Waals surface area contributed by atoms with E-state index in [-0.39, 0.29) is 26.4 Å². The van der Waals surface area contributed by atoms with Crippen molar-refractivity contribution < 1.29 is 94.8 Å². The predicted octanol–water partition coefficient (Wildman–Crippen LogP) is 7.96. The van der Waals surface area contributed by atoms with Crippen LogP contribution in [0.15, 0.2) is 121 Å². The molecule has 4 heterocycles. The van der Waals surface area contributed by atoms with Crippen molar-refractivity contribution in [2.75, 3.05) is 38.2 Å². The molecular weight excluding hydrogens is 1350 g/mol. The minimum atomic E-state index is -3.58. The van der Waals surface area contributed by atoms with Gasteiger partial charge in [0.2, 0.25) is 5.91 Å². The Balaban J connectivity index is 1.30. The number of benzene rings is 4. The summed E-state index contributed by atoms with van der Waals surface area (Å²) >= 11 is 31.0. The molecule has 16 atom stereocenters. The van der Waals surface area contributed by atoms with Crippen LogP contribution in [0.2, 0.25) is 5.04 Å². The van der Waals surface area contributed by atoms with Gasteiger partial charge in [0.05, 0.1) is 26.4 Å². The molecule has 4 aromatic carbocycles. The Bertz CT molecular complexity index is 3050. The van der Waals surface area contributed by atoms with Crippen LogP contribution in [-0.4, -0.2) is 178 Å². The number of unbranched alkanes of at least 4 members (excludes halogenated alkanes) is 3. The Labute approximate surface area is 573 Å². The zero-order valence-corrected chi connectivity index (χ0v) is 57.9. The van der Waals surface area contributed by atoms with Gasteiger partial charge < -0.3 is 76.6 Å². The summed E-state index contributed by atoms with van der Waals surface area (Å²) in [6.07, 6.45) is -18.5. The molecule has 28 heteroatoms. The maximum Gasteiger partial charge on any atom is 0.321 e. The summed E-state index contributed by atoms with van der Waals surface area (Å²) in [5.74, 6) is -5.60. The smallest absolute Gasteiger partial charge is 0.321 e. The molecule has 22 nitrogen and oxygen atoms in total. The molecule has 4 saturated heterocycles. The largest absolute Gasteiger partial charge is 0.457 e. The molecule has 514 valence electrons. The molecule has 0 aromatic heterocycles. The molecule has 2 amide bonds. The van der Waals surface area contributed by atoms with Crippen LogP contribution in [0.5, 0.6) is 0 Å². The molecule has 4 aliphatic rings. The van der Waals surface area contributed by atoms with Gasteiger partial charge in [-0.05, 0) is 33.8 Å². The van der Waals surface area contributed by atoms with E-state index < -0.39 is 164 Å². The molecule has 0 saturated carbocycles. The zero-order chi connectivity index (χ0) is 67.7. The molecule has 0 bridgehead atoms. The van der Waals surface area contributed by atoms with E-state index in [1.807, 2.05) is 112 Å². The number of hydrogen-bond donors (Lipinski definition) is 2. The third-order valence-electron chi connectivity index (χ3n) is 16.0. The number of alkyl halides is 5. The van der Waals surface area contributed by atoms with E-state index >= 15 is 0 Å². The predicted molar refractivity (Wildman–Crippen MR) is 348 cm³/mol.